The highest BCUT2D eigenvalue weighted by Gasteiger charge is 2.58. The van der Waals surface area contributed by atoms with Gasteiger partial charge in [0.25, 0.3) is 11.8 Å². The van der Waals surface area contributed by atoms with Crippen molar-refractivity contribution in [3.8, 4) is 0 Å². The van der Waals surface area contributed by atoms with Crippen LogP contribution in [0.4, 0.5) is 8.78 Å². The van der Waals surface area contributed by atoms with Crippen molar-refractivity contribution >= 4 is 23.8 Å². The van der Waals surface area contributed by atoms with Crippen LogP contribution in [-0.4, -0.2) is 70.2 Å². The molecule has 0 bridgehead atoms. The lowest BCUT2D eigenvalue weighted by atomic mass is 9.87. The zero-order chi connectivity index (χ0) is 34.8. The van der Waals surface area contributed by atoms with Crippen LogP contribution in [0.5, 0.6) is 0 Å². The smallest absolute Gasteiger partial charge is 0.317 e. The van der Waals surface area contributed by atoms with Gasteiger partial charge in [-0.05, 0) is 80.4 Å². The zero-order valence-electron chi connectivity index (χ0n) is 28.6. The number of amides is 2. The van der Waals surface area contributed by atoms with Gasteiger partial charge in [-0.25, -0.2) is 8.78 Å². The predicted octanol–water partition coefficient (Wildman–Crippen LogP) is 6.55. The number of benzene rings is 2. The summed E-state index contributed by atoms with van der Waals surface area (Å²) in [5.41, 5.74) is -2.59. The summed E-state index contributed by atoms with van der Waals surface area (Å²) in [6.45, 7) is 17.0. The molecule has 2 aromatic rings. The first-order chi connectivity index (χ1) is 21.1. The number of alkyl halides is 2. The molecule has 2 aromatic carbocycles. The molecule has 4 rings (SSSR count). The van der Waals surface area contributed by atoms with Gasteiger partial charge in [-0.3, -0.25) is 19.2 Å². The van der Waals surface area contributed by atoms with Crippen LogP contribution in [0.15, 0.2) is 60.7 Å². The molecule has 0 saturated carbocycles. The van der Waals surface area contributed by atoms with Crippen molar-refractivity contribution in [3.63, 3.8) is 0 Å². The van der Waals surface area contributed by atoms with Gasteiger partial charge in [0.15, 0.2) is 12.3 Å². The average molecular weight is 643 g/mol. The van der Waals surface area contributed by atoms with Crippen LogP contribution < -0.4 is 0 Å². The molecule has 252 valence electrons. The third-order valence-corrected chi connectivity index (χ3v) is 8.35. The summed E-state index contributed by atoms with van der Waals surface area (Å²) in [6.07, 6.45) is -3.77. The van der Waals surface area contributed by atoms with E-state index in [2.05, 4.69) is 0 Å². The molecule has 10 heteroatoms. The maximum atomic E-state index is 14.6. The van der Waals surface area contributed by atoms with Crippen LogP contribution in [0.25, 0.3) is 0 Å². The van der Waals surface area contributed by atoms with Gasteiger partial charge in [0.05, 0.1) is 12.1 Å². The molecule has 2 fully saturated rings. The number of ether oxygens (including phenoxy) is 2. The summed E-state index contributed by atoms with van der Waals surface area (Å²) in [5.74, 6) is -2.66. The Bertz CT molecular complexity index is 1300. The predicted molar refractivity (Wildman–Crippen MR) is 171 cm³/mol. The molecule has 2 aliphatic rings. The maximum absolute atomic E-state index is 14.6. The molecule has 6 atom stereocenters. The molecule has 2 amide bonds. The lowest BCUT2D eigenvalue weighted by Gasteiger charge is -2.29. The van der Waals surface area contributed by atoms with E-state index < -0.39 is 58.1 Å². The second-order valence-corrected chi connectivity index (χ2v) is 14.7. The first-order valence-corrected chi connectivity index (χ1v) is 15.6. The number of esters is 2. The summed E-state index contributed by atoms with van der Waals surface area (Å²) >= 11 is 0. The molecule has 0 aliphatic carbocycles. The molecule has 2 unspecified atom stereocenters. The van der Waals surface area contributed by atoms with Crippen molar-refractivity contribution in [2.45, 2.75) is 105 Å². The van der Waals surface area contributed by atoms with Crippen LogP contribution >= 0.6 is 0 Å². The van der Waals surface area contributed by atoms with Gasteiger partial charge in [0, 0.05) is 13.1 Å². The molecule has 2 heterocycles. The quantitative estimate of drug-likeness (QED) is 0.332. The van der Waals surface area contributed by atoms with Crippen LogP contribution in [0.1, 0.15) is 92.4 Å². The number of halogens is 2. The molecule has 2 aliphatic heterocycles. The van der Waals surface area contributed by atoms with Gasteiger partial charge < -0.3 is 19.3 Å². The van der Waals surface area contributed by atoms with E-state index in [0.29, 0.717) is 0 Å². The lowest BCUT2D eigenvalue weighted by Crippen LogP contribution is -2.42. The second kappa shape index (κ2) is 13.5. The van der Waals surface area contributed by atoms with Gasteiger partial charge in [-0.1, -0.05) is 60.7 Å². The lowest BCUT2D eigenvalue weighted by molar-refractivity contribution is -0.170. The summed E-state index contributed by atoms with van der Waals surface area (Å²) < 4.78 is 39.9. The van der Waals surface area contributed by atoms with E-state index in [4.69, 9.17) is 9.47 Å². The summed E-state index contributed by atoms with van der Waals surface area (Å²) in [7, 11) is 0. The van der Waals surface area contributed by atoms with Crippen molar-refractivity contribution in [2.75, 3.05) is 13.1 Å². The Labute approximate surface area is 271 Å². The third-order valence-electron chi connectivity index (χ3n) is 8.35. The van der Waals surface area contributed by atoms with Crippen LogP contribution in [0.3, 0.4) is 0 Å². The minimum absolute atomic E-state index is 0.0119. The van der Waals surface area contributed by atoms with E-state index in [1.807, 2.05) is 74.5 Å². The SMILES string of the molecule is C[C@H](c1ccccc1)N1C[C@@](C)(C(=O)OC(C)(C)C)C(F)C1=O.C[C@H](c1ccccc1)N1C[C@@](C)(C(=O)OC(C)(C)C)C(F)C1=O. The first kappa shape index (κ1) is 36.6. The minimum Gasteiger partial charge on any atom is -0.459 e. The van der Waals surface area contributed by atoms with Crippen molar-refractivity contribution in [1.82, 2.24) is 9.80 Å². The molecule has 0 spiro atoms. The van der Waals surface area contributed by atoms with Gasteiger partial charge in [-0.15, -0.1) is 0 Å². The van der Waals surface area contributed by atoms with E-state index in [1.165, 1.54) is 23.6 Å². The van der Waals surface area contributed by atoms with E-state index in [0.717, 1.165) is 11.1 Å². The van der Waals surface area contributed by atoms with Crippen molar-refractivity contribution < 1.29 is 37.4 Å². The van der Waals surface area contributed by atoms with E-state index in [1.54, 1.807) is 41.5 Å². The van der Waals surface area contributed by atoms with Crippen LogP contribution in [0, 0.1) is 10.8 Å². The zero-order valence-corrected chi connectivity index (χ0v) is 28.6. The van der Waals surface area contributed by atoms with Crippen LogP contribution in [0.2, 0.25) is 0 Å². The molecule has 46 heavy (non-hydrogen) atoms. The van der Waals surface area contributed by atoms with Crippen molar-refractivity contribution in [3.05, 3.63) is 71.8 Å². The normalized spacial score (nSPS) is 26.3. The highest BCUT2D eigenvalue weighted by atomic mass is 19.1. The Morgan fingerprint density at radius 1 is 0.674 bits per heavy atom. The molecule has 0 radical (unpaired) electrons. The summed E-state index contributed by atoms with van der Waals surface area (Å²) in [6, 6.07) is 18.2. The van der Waals surface area contributed by atoms with Gasteiger partial charge >= 0.3 is 11.9 Å². The van der Waals surface area contributed by atoms with Crippen LogP contribution in [-0.2, 0) is 28.7 Å². The molecule has 2 saturated heterocycles. The molecular weight excluding hydrogens is 594 g/mol. The van der Waals surface area contributed by atoms with Crippen molar-refractivity contribution in [2.24, 2.45) is 10.8 Å². The van der Waals surface area contributed by atoms with E-state index in [-0.39, 0.29) is 25.2 Å². The van der Waals surface area contributed by atoms with Gasteiger partial charge in [0.2, 0.25) is 0 Å². The number of rotatable bonds is 6. The average Bonchev–Trinajstić information content (AvgIpc) is 3.37. The number of likely N-dealkylation sites (tertiary alicyclic amines) is 2. The Morgan fingerprint density at radius 2 is 0.957 bits per heavy atom. The second-order valence-electron chi connectivity index (χ2n) is 14.7. The van der Waals surface area contributed by atoms with Crippen molar-refractivity contribution in [1.29, 1.82) is 0 Å². The molecule has 0 N–H and O–H groups in total. The minimum atomic E-state index is -1.89. The van der Waals surface area contributed by atoms with Gasteiger partial charge in [-0.2, -0.15) is 0 Å². The number of carbonyl (C=O) groups is 4. The topological polar surface area (TPSA) is 93.2 Å². The number of hydrogen-bond donors (Lipinski definition) is 0. The largest absolute Gasteiger partial charge is 0.459 e. The molecule has 0 aromatic heterocycles. The number of nitrogens with zero attached hydrogens (tertiary/aromatic N) is 2. The fraction of sp³-hybridized carbons (Fsp3) is 0.556. The Morgan fingerprint density at radius 3 is 1.22 bits per heavy atom. The highest BCUT2D eigenvalue weighted by Crippen LogP contribution is 2.41. The fourth-order valence-electron chi connectivity index (χ4n) is 5.46. The Kier molecular flexibility index (Phi) is 10.8. The first-order valence-electron chi connectivity index (χ1n) is 15.6. The van der Waals surface area contributed by atoms with E-state index >= 15 is 0 Å². The Hall–Kier alpha value is -3.82. The maximum Gasteiger partial charge on any atom is 0.317 e. The monoisotopic (exact) mass is 642 g/mol. The standard InChI is InChI=1S/2C18H24FNO3/c2*1-12(13-9-7-6-8-10-13)20-11-18(5,14(19)15(20)21)16(22)23-17(2,3)4/h2*6-10,12,14H,11H2,1-5H3/t2*12-,14?,18-/m11/s1. The fourth-order valence-corrected chi connectivity index (χ4v) is 5.46. The number of carbonyl (C=O) groups excluding carboxylic acids is 4. The summed E-state index contributed by atoms with van der Waals surface area (Å²) in [5, 5.41) is 0. The molecule has 8 nitrogen and oxygen atoms in total. The molecular formula is C36H48F2N2O6. The van der Waals surface area contributed by atoms with E-state index in [9.17, 15) is 28.0 Å². The van der Waals surface area contributed by atoms with Gasteiger partial charge in [0.1, 0.15) is 22.0 Å². The Balaban J connectivity index is 0.000000250. The number of hydrogen-bond acceptors (Lipinski definition) is 6. The highest BCUT2D eigenvalue weighted by molar-refractivity contribution is 5.94. The third kappa shape index (κ3) is 7.93. The summed E-state index contributed by atoms with van der Waals surface area (Å²) in [4.78, 5) is 52.3.